The van der Waals surface area contributed by atoms with E-state index in [4.69, 9.17) is 4.74 Å². The number of ether oxygens (including phenoxy) is 1. The normalized spacial score (nSPS) is 23.8. The first-order chi connectivity index (χ1) is 12.2. The SMILES string of the molecule is CN1CCO[C@H]2CN(C(=O)CCCc3ccc4ccccc4c3)C[C@H]21. The summed E-state index contributed by atoms with van der Waals surface area (Å²) in [5, 5.41) is 2.54. The van der Waals surface area contributed by atoms with Gasteiger partial charge in [0.2, 0.25) is 5.91 Å². The molecule has 2 aliphatic heterocycles. The Labute approximate surface area is 149 Å². The number of hydrogen-bond acceptors (Lipinski definition) is 3. The van der Waals surface area contributed by atoms with Gasteiger partial charge in [-0.05, 0) is 36.2 Å². The van der Waals surface area contributed by atoms with Crippen molar-refractivity contribution in [3.63, 3.8) is 0 Å². The average molecular weight is 338 g/mol. The molecule has 0 saturated carbocycles. The van der Waals surface area contributed by atoms with Crippen LogP contribution in [0.1, 0.15) is 18.4 Å². The fraction of sp³-hybridized carbons (Fsp3) is 0.476. The Morgan fingerprint density at radius 2 is 2.00 bits per heavy atom. The molecule has 4 heteroatoms. The molecule has 0 spiro atoms. The van der Waals surface area contributed by atoms with E-state index in [1.54, 1.807) is 0 Å². The monoisotopic (exact) mass is 338 g/mol. The van der Waals surface area contributed by atoms with E-state index in [9.17, 15) is 4.79 Å². The van der Waals surface area contributed by atoms with Gasteiger partial charge in [-0.15, -0.1) is 0 Å². The van der Waals surface area contributed by atoms with Crippen molar-refractivity contribution in [2.75, 3.05) is 33.3 Å². The summed E-state index contributed by atoms with van der Waals surface area (Å²) in [6.07, 6.45) is 2.67. The lowest BCUT2D eigenvalue weighted by molar-refractivity contribution is -0.130. The van der Waals surface area contributed by atoms with E-state index in [1.807, 2.05) is 4.90 Å². The van der Waals surface area contributed by atoms with Crippen LogP contribution in [-0.4, -0.2) is 61.1 Å². The molecule has 2 saturated heterocycles. The van der Waals surface area contributed by atoms with Crippen molar-refractivity contribution in [3.8, 4) is 0 Å². The van der Waals surface area contributed by atoms with Crippen LogP contribution in [0.5, 0.6) is 0 Å². The zero-order valence-corrected chi connectivity index (χ0v) is 14.9. The molecule has 2 heterocycles. The largest absolute Gasteiger partial charge is 0.373 e. The van der Waals surface area contributed by atoms with Crippen molar-refractivity contribution in [1.29, 1.82) is 0 Å². The zero-order chi connectivity index (χ0) is 17.2. The van der Waals surface area contributed by atoms with Gasteiger partial charge in [0.05, 0.1) is 18.8 Å². The highest BCUT2D eigenvalue weighted by atomic mass is 16.5. The molecule has 1 amide bonds. The second kappa shape index (κ2) is 7.14. The van der Waals surface area contributed by atoms with Crippen LogP contribution in [0.25, 0.3) is 10.8 Å². The van der Waals surface area contributed by atoms with Crippen LogP contribution < -0.4 is 0 Å². The summed E-state index contributed by atoms with van der Waals surface area (Å²) in [6.45, 7) is 3.31. The fourth-order valence-electron chi connectivity index (χ4n) is 4.06. The summed E-state index contributed by atoms with van der Waals surface area (Å²) < 4.78 is 5.83. The smallest absolute Gasteiger partial charge is 0.222 e. The Morgan fingerprint density at radius 1 is 1.16 bits per heavy atom. The highest BCUT2D eigenvalue weighted by molar-refractivity contribution is 5.83. The number of benzene rings is 2. The summed E-state index contributed by atoms with van der Waals surface area (Å²) in [4.78, 5) is 16.9. The van der Waals surface area contributed by atoms with Gasteiger partial charge in [-0.25, -0.2) is 0 Å². The van der Waals surface area contributed by atoms with E-state index in [2.05, 4.69) is 54.4 Å². The molecule has 0 aromatic heterocycles. The molecule has 2 fully saturated rings. The average Bonchev–Trinajstić information content (AvgIpc) is 3.07. The number of aryl methyl sites for hydroxylation is 1. The molecule has 2 aliphatic rings. The number of likely N-dealkylation sites (tertiary alicyclic amines) is 1. The third-order valence-electron chi connectivity index (χ3n) is 5.60. The molecule has 4 rings (SSSR count). The highest BCUT2D eigenvalue weighted by Crippen LogP contribution is 2.23. The Balaban J connectivity index is 1.30. The molecular formula is C21H26N2O2. The minimum absolute atomic E-state index is 0.197. The van der Waals surface area contributed by atoms with E-state index in [0.29, 0.717) is 12.5 Å². The van der Waals surface area contributed by atoms with E-state index in [1.165, 1.54) is 16.3 Å². The van der Waals surface area contributed by atoms with E-state index < -0.39 is 0 Å². The number of amides is 1. The van der Waals surface area contributed by atoms with Gasteiger partial charge in [0.15, 0.2) is 0 Å². The second-order valence-corrected chi connectivity index (χ2v) is 7.29. The van der Waals surface area contributed by atoms with E-state index in [-0.39, 0.29) is 12.0 Å². The lowest BCUT2D eigenvalue weighted by Crippen LogP contribution is -2.48. The predicted molar refractivity (Wildman–Crippen MR) is 99.6 cm³/mol. The number of fused-ring (bicyclic) bond motifs is 2. The molecule has 4 nitrogen and oxygen atoms in total. The first-order valence-electron chi connectivity index (χ1n) is 9.28. The second-order valence-electron chi connectivity index (χ2n) is 7.29. The van der Waals surface area contributed by atoms with Gasteiger partial charge in [-0.2, -0.15) is 0 Å². The van der Waals surface area contributed by atoms with Crippen molar-refractivity contribution in [2.45, 2.75) is 31.4 Å². The van der Waals surface area contributed by atoms with Gasteiger partial charge in [0, 0.05) is 26.1 Å². The molecule has 0 bridgehead atoms. The van der Waals surface area contributed by atoms with Crippen LogP contribution in [-0.2, 0) is 16.0 Å². The Hall–Kier alpha value is -1.91. The number of likely N-dealkylation sites (N-methyl/N-ethyl adjacent to an activating group) is 1. The molecule has 0 aliphatic carbocycles. The van der Waals surface area contributed by atoms with Gasteiger partial charge >= 0.3 is 0 Å². The van der Waals surface area contributed by atoms with Crippen molar-refractivity contribution in [3.05, 3.63) is 48.0 Å². The molecule has 2 atom stereocenters. The quantitative estimate of drug-likeness (QED) is 0.859. The highest BCUT2D eigenvalue weighted by Gasteiger charge is 2.39. The summed E-state index contributed by atoms with van der Waals surface area (Å²) in [6, 6.07) is 15.4. The minimum Gasteiger partial charge on any atom is -0.373 e. The van der Waals surface area contributed by atoms with Crippen LogP contribution >= 0.6 is 0 Å². The van der Waals surface area contributed by atoms with Crippen LogP contribution in [0.4, 0.5) is 0 Å². The first-order valence-corrected chi connectivity index (χ1v) is 9.28. The standard InChI is InChI=1S/C21H26N2O2/c1-22-11-12-25-20-15-23(14-19(20)22)21(24)8-4-5-16-9-10-17-6-2-3-7-18(17)13-16/h2-3,6-7,9-10,13,19-20H,4-5,8,11-12,14-15H2,1H3/t19-,20+/m1/s1. The fourth-order valence-corrected chi connectivity index (χ4v) is 4.06. The van der Waals surface area contributed by atoms with Gasteiger partial charge in [0.1, 0.15) is 0 Å². The lowest BCUT2D eigenvalue weighted by Gasteiger charge is -2.33. The zero-order valence-electron chi connectivity index (χ0n) is 14.9. The molecule has 132 valence electrons. The third kappa shape index (κ3) is 3.55. The number of rotatable bonds is 4. The number of hydrogen-bond donors (Lipinski definition) is 0. The molecular weight excluding hydrogens is 312 g/mol. The number of carbonyl (C=O) groups excluding carboxylic acids is 1. The number of morpholine rings is 1. The van der Waals surface area contributed by atoms with Crippen LogP contribution in [0.2, 0.25) is 0 Å². The Morgan fingerprint density at radius 3 is 2.84 bits per heavy atom. The topological polar surface area (TPSA) is 32.8 Å². The minimum atomic E-state index is 0.197. The molecule has 0 unspecified atom stereocenters. The maximum absolute atomic E-state index is 12.5. The summed E-state index contributed by atoms with van der Waals surface area (Å²) >= 11 is 0. The lowest BCUT2D eigenvalue weighted by atomic mass is 10.0. The molecule has 2 aromatic carbocycles. The van der Waals surface area contributed by atoms with Crippen LogP contribution in [0.3, 0.4) is 0 Å². The first kappa shape index (κ1) is 16.6. The van der Waals surface area contributed by atoms with Crippen molar-refractivity contribution >= 4 is 16.7 Å². The molecule has 0 N–H and O–H groups in total. The van der Waals surface area contributed by atoms with Crippen molar-refractivity contribution in [2.24, 2.45) is 0 Å². The van der Waals surface area contributed by atoms with Gasteiger partial charge < -0.3 is 9.64 Å². The van der Waals surface area contributed by atoms with Gasteiger partial charge in [-0.1, -0.05) is 42.5 Å². The maximum Gasteiger partial charge on any atom is 0.222 e. The Bertz CT molecular complexity index is 760. The Kier molecular flexibility index (Phi) is 4.73. The summed E-state index contributed by atoms with van der Waals surface area (Å²) in [5.74, 6) is 0.271. The van der Waals surface area contributed by atoms with Crippen molar-refractivity contribution in [1.82, 2.24) is 9.80 Å². The van der Waals surface area contributed by atoms with E-state index in [0.717, 1.165) is 39.1 Å². The van der Waals surface area contributed by atoms with Crippen LogP contribution in [0.15, 0.2) is 42.5 Å². The predicted octanol–water partition coefficient (Wildman–Crippen LogP) is 2.70. The summed E-state index contributed by atoms with van der Waals surface area (Å²) in [5.41, 5.74) is 1.31. The molecule has 25 heavy (non-hydrogen) atoms. The summed E-state index contributed by atoms with van der Waals surface area (Å²) in [7, 11) is 2.13. The van der Waals surface area contributed by atoms with Gasteiger partial charge in [0.25, 0.3) is 0 Å². The molecule has 0 radical (unpaired) electrons. The molecule has 2 aromatic rings. The van der Waals surface area contributed by atoms with Crippen LogP contribution in [0, 0.1) is 0 Å². The van der Waals surface area contributed by atoms with Crippen molar-refractivity contribution < 1.29 is 9.53 Å². The third-order valence-corrected chi connectivity index (χ3v) is 5.60. The van der Waals surface area contributed by atoms with Gasteiger partial charge in [-0.3, -0.25) is 9.69 Å². The maximum atomic E-state index is 12.5. The number of carbonyl (C=O) groups is 1. The van der Waals surface area contributed by atoms with E-state index >= 15 is 0 Å². The number of nitrogens with zero attached hydrogens (tertiary/aromatic N) is 2.